The Kier molecular flexibility index (Phi) is 8.89. The maximum Gasteiger partial charge on any atom is 0.405 e. The molecule has 0 aliphatic carbocycles. The summed E-state index contributed by atoms with van der Waals surface area (Å²) in [6.07, 6.45) is -3.41. The lowest BCUT2D eigenvalue weighted by Gasteiger charge is -2.20. The lowest BCUT2D eigenvalue weighted by molar-refractivity contribution is -0.160. The van der Waals surface area contributed by atoms with E-state index in [1.807, 2.05) is 0 Å². The van der Waals surface area contributed by atoms with E-state index in [0.29, 0.717) is 18.1 Å². The van der Waals surface area contributed by atoms with E-state index in [1.54, 1.807) is 12.1 Å². The van der Waals surface area contributed by atoms with Crippen LogP contribution < -0.4 is 4.74 Å². The Labute approximate surface area is 171 Å². The molecular formula is C16H17B3F2O7S. The maximum absolute atomic E-state index is 13.4. The van der Waals surface area contributed by atoms with Gasteiger partial charge in [-0.15, -0.1) is 0 Å². The van der Waals surface area contributed by atoms with Crippen molar-refractivity contribution in [3.8, 4) is 5.75 Å². The first-order valence-electron chi connectivity index (χ1n) is 8.37. The molecule has 0 aliphatic heterocycles. The van der Waals surface area contributed by atoms with E-state index in [2.05, 4.69) is 4.74 Å². The van der Waals surface area contributed by atoms with E-state index >= 15 is 0 Å². The lowest BCUT2D eigenvalue weighted by atomic mass is 9.85. The number of carbonyl (C=O) groups excluding carboxylic acids is 2. The predicted molar refractivity (Wildman–Crippen MR) is 102 cm³/mol. The zero-order valence-corrected chi connectivity index (χ0v) is 16.4. The maximum atomic E-state index is 13.4. The lowest BCUT2D eigenvalue weighted by Crippen LogP contribution is -2.42. The highest BCUT2D eigenvalue weighted by atomic mass is 32.2. The average Bonchev–Trinajstić information content (AvgIpc) is 2.65. The van der Waals surface area contributed by atoms with Crippen LogP contribution >= 0.6 is 0 Å². The van der Waals surface area contributed by atoms with Crippen molar-refractivity contribution >= 4 is 45.6 Å². The van der Waals surface area contributed by atoms with E-state index in [1.165, 1.54) is 0 Å². The number of hydrogen-bond donors (Lipinski definition) is 1. The topological polar surface area (TPSA) is 107 Å². The van der Waals surface area contributed by atoms with Crippen LogP contribution in [0.4, 0.5) is 8.78 Å². The van der Waals surface area contributed by atoms with Gasteiger partial charge in [-0.25, -0.2) is 0 Å². The summed E-state index contributed by atoms with van der Waals surface area (Å²) in [5.41, 5.74) is 1.65. The molecule has 1 aromatic rings. The highest BCUT2D eigenvalue weighted by Crippen LogP contribution is 2.28. The Hall–Kier alpha value is -1.88. The summed E-state index contributed by atoms with van der Waals surface area (Å²) in [5.74, 6) is -2.05. The number of esters is 2. The van der Waals surface area contributed by atoms with Gasteiger partial charge in [-0.05, 0) is 18.1 Å². The number of rotatable bonds is 10. The summed E-state index contributed by atoms with van der Waals surface area (Å²) in [7, 11) is 11.1. The Morgan fingerprint density at radius 1 is 1.07 bits per heavy atom. The number of ether oxygens (including phenoxy) is 2. The minimum Gasteiger partial charge on any atom is -0.455 e. The molecule has 0 saturated heterocycles. The molecule has 152 valence electrons. The molecule has 0 heterocycles. The molecule has 0 amide bonds. The van der Waals surface area contributed by atoms with Crippen LogP contribution in [0.15, 0.2) is 12.1 Å². The third-order valence-electron chi connectivity index (χ3n) is 3.85. The zero-order valence-electron chi connectivity index (χ0n) is 15.6. The van der Waals surface area contributed by atoms with Crippen molar-refractivity contribution in [1.82, 2.24) is 0 Å². The van der Waals surface area contributed by atoms with Gasteiger partial charge in [0.1, 0.15) is 5.75 Å². The van der Waals surface area contributed by atoms with Gasteiger partial charge < -0.3 is 9.47 Å². The summed E-state index contributed by atoms with van der Waals surface area (Å²) in [6.45, 7) is 0.587. The summed E-state index contributed by atoms with van der Waals surface area (Å²) in [6, 6.07) is 3.27. The van der Waals surface area contributed by atoms with Gasteiger partial charge >= 0.3 is 27.3 Å². The number of alkyl halides is 2. The van der Waals surface area contributed by atoms with Crippen LogP contribution in [-0.4, -0.2) is 59.8 Å². The predicted octanol–water partition coefficient (Wildman–Crippen LogP) is 0.790. The SMILES string of the molecule is [B]Cc1cc(C[B])c(OC(=O)CCC(=O)OC(C)C(F)(F)S(=O)(=O)O)c(C[B])c1. The van der Waals surface area contributed by atoms with Crippen molar-refractivity contribution in [3.05, 3.63) is 28.8 Å². The molecule has 1 rings (SSSR count). The van der Waals surface area contributed by atoms with E-state index in [0.717, 1.165) is 5.56 Å². The van der Waals surface area contributed by atoms with Crippen molar-refractivity contribution < 1.29 is 40.8 Å². The van der Waals surface area contributed by atoms with Crippen LogP contribution in [-0.2, 0) is 43.4 Å². The Balaban J connectivity index is 2.76. The minimum atomic E-state index is -5.78. The van der Waals surface area contributed by atoms with Crippen molar-refractivity contribution in [2.24, 2.45) is 0 Å². The molecule has 0 spiro atoms. The molecular weight excluding hydrogens is 407 g/mol. The second kappa shape index (κ2) is 10.2. The molecule has 0 aromatic heterocycles. The number of benzene rings is 1. The van der Waals surface area contributed by atoms with Crippen molar-refractivity contribution in [2.45, 2.75) is 50.1 Å². The highest BCUT2D eigenvalue weighted by Gasteiger charge is 2.51. The molecule has 7 nitrogen and oxygen atoms in total. The van der Waals surface area contributed by atoms with Crippen LogP contribution in [0.3, 0.4) is 0 Å². The highest BCUT2D eigenvalue weighted by molar-refractivity contribution is 7.86. The smallest absolute Gasteiger partial charge is 0.405 e. The Morgan fingerprint density at radius 2 is 1.55 bits per heavy atom. The molecule has 0 bridgehead atoms. The minimum absolute atomic E-state index is 0.0216. The van der Waals surface area contributed by atoms with Gasteiger partial charge in [0.05, 0.1) is 36.4 Å². The molecule has 1 atom stereocenters. The normalized spacial score (nSPS) is 13.0. The van der Waals surface area contributed by atoms with Crippen molar-refractivity contribution in [2.75, 3.05) is 0 Å². The van der Waals surface area contributed by atoms with Crippen LogP contribution in [0.1, 0.15) is 36.5 Å². The van der Waals surface area contributed by atoms with Crippen molar-refractivity contribution in [3.63, 3.8) is 0 Å². The van der Waals surface area contributed by atoms with E-state index in [-0.39, 0.29) is 24.7 Å². The fourth-order valence-electron chi connectivity index (χ4n) is 2.28. The number of hydrogen-bond acceptors (Lipinski definition) is 6. The average molecular weight is 424 g/mol. The number of halogens is 2. The fourth-order valence-corrected chi connectivity index (χ4v) is 2.75. The molecule has 0 fully saturated rings. The molecule has 1 aromatic carbocycles. The van der Waals surface area contributed by atoms with Gasteiger partial charge in [0.2, 0.25) is 0 Å². The monoisotopic (exact) mass is 424 g/mol. The molecule has 29 heavy (non-hydrogen) atoms. The van der Waals surface area contributed by atoms with Crippen LogP contribution in [0.5, 0.6) is 5.75 Å². The van der Waals surface area contributed by atoms with E-state index in [4.69, 9.17) is 32.8 Å². The first-order valence-corrected chi connectivity index (χ1v) is 9.81. The summed E-state index contributed by atoms with van der Waals surface area (Å²) in [4.78, 5) is 23.6. The molecule has 1 unspecified atom stereocenters. The zero-order chi connectivity index (χ0) is 22.4. The molecule has 0 saturated carbocycles. The summed E-state index contributed by atoms with van der Waals surface area (Å²) in [5, 5.41) is -4.69. The van der Waals surface area contributed by atoms with Gasteiger partial charge in [-0.2, -0.15) is 17.2 Å². The Morgan fingerprint density at radius 3 is 1.97 bits per heavy atom. The molecule has 13 heteroatoms. The van der Waals surface area contributed by atoms with Gasteiger partial charge in [0.15, 0.2) is 6.10 Å². The van der Waals surface area contributed by atoms with Crippen LogP contribution in [0, 0.1) is 0 Å². The third-order valence-corrected chi connectivity index (χ3v) is 4.87. The van der Waals surface area contributed by atoms with E-state index < -0.39 is 46.3 Å². The molecule has 0 aliphatic rings. The second-order valence-corrected chi connectivity index (χ2v) is 7.49. The second-order valence-electron chi connectivity index (χ2n) is 6.00. The first kappa shape index (κ1) is 25.2. The van der Waals surface area contributed by atoms with Crippen LogP contribution in [0.2, 0.25) is 0 Å². The summed E-state index contributed by atoms with van der Waals surface area (Å²) < 4.78 is 65.9. The standard InChI is InChI=1S/C16H17B3F2O7S/c1-9(16(20,21)29(24,25)26)27-13(22)2-3-14(23)28-15-11(7-18)4-10(6-17)5-12(15)8-19/h4-5,9H,2-3,6-8H2,1H3,(H,24,25,26). The fraction of sp³-hybridized carbons (Fsp3) is 0.500. The van der Waals surface area contributed by atoms with E-state index in [9.17, 15) is 26.8 Å². The van der Waals surface area contributed by atoms with Gasteiger partial charge in [0, 0.05) is 0 Å². The van der Waals surface area contributed by atoms with Gasteiger partial charge in [0.25, 0.3) is 0 Å². The molecule has 1 N–H and O–H groups in total. The largest absolute Gasteiger partial charge is 0.455 e. The Bertz CT molecular complexity index is 837. The quantitative estimate of drug-likeness (QED) is 0.256. The van der Waals surface area contributed by atoms with Gasteiger partial charge in [-0.3, -0.25) is 14.1 Å². The first-order chi connectivity index (χ1) is 13.4. The molecule has 6 radical (unpaired) electrons. The third kappa shape index (κ3) is 6.57. The van der Waals surface area contributed by atoms with Gasteiger partial charge in [-0.1, -0.05) is 36.7 Å². The summed E-state index contributed by atoms with van der Waals surface area (Å²) >= 11 is 0. The van der Waals surface area contributed by atoms with Crippen molar-refractivity contribution in [1.29, 1.82) is 0 Å². The number of carbonyl (C=O) groups is 2. The van der Waals surface area contributed by atoms with Crippen LogP contribution in [0.25, 0.3) is 0 Å².